The van der Waals surface area contributed by atoms with Gasteiger partial charge in [0.15, 0.2) is 0 Å². The van der Waals surface area contributed by atoms with E-state index >= 15 is 0 Å². The third-order valence-corrected chi connectivity index (χ3v) is 5.86. The molecule has 2 heteroatoms. The first-order valence-corrected chi connectivity index (χ1v) is 8.37. The summed E-state index contributed by atoms with van der Waals surface area (Å²) in [5.74, 6) is 0. The summed E-state index contributed by atoms with van der Waals surface area (Å²) in [5, 5.41) is 0.0153. The molecule has 0 radical (unpaired) electrons. The Balaban J connectivity index is 1.85. The molecule has 3 rings (SSSR count). The monoisotopic (exact) mass is 290 g/mol. The summed E-state index contributed by atoms with van der Waals surface area (Å²) in [5.41, 5.74) is 4.14. The molecule has 1 atom stereocenters. The van der Waals surface area contributed by atoms with Crippen LogP contribution in [0.2, 0.25) is 0 Å². The van der Waals surface area contributed by atoms with Gasteiger partial charge in [0.1, 0.15) is 0 Å². The van der Waals surface area contributed by atoms with Gasteiger partial charge in [0.25, 0.3) is 0 Å². The highest BCUT2D eigenvalue weighted by Gasteiger charge is 2.18. The van der Waals surface area contributed by atoms with E-state index in [0.29, 0.717) is 0 Å². The van der Waals surface area contributed by atoms with Gasteiger partial charge in [0, 0.05) is 9.75 Å². The molecular weight excluding hydrogens is 272 g/mol. The van der Waals surface area contributed by atoms with Crippen molar-refractivity contribution in [2.75, 3.05) is 0 Å². The van der Waals surface area contributed by atoms with Gasteiger partial charge in [-0.2, -0.15) is 0 Å². The SMILES string of the molecule is CCc1ccc(C(Cl)c2cc3c(s2)CCCC3)cc1. The molecule has 19 heavy (non-hydrogen) atoms. The fourth-order valence-electron chi connectivity index (χ4n) is 2.73. The van der Waals surface area contributed by atoms with Crippen LogP contribution in [-0.4, -0.2) is 0 Å². The van der Waals surface area contributed by atoms with E-state index in [0.717, 1.165) is 6.42 Å². The maximum Gasteiger partial charge on any atom is 0.0927 e. The minimum Gasteiger partial charge on any atom is -0.143 e. The van der Waals surface area contributed by atoms with Gasteiger partial charge in [-0.3, -0.25) is 0 Å². The zero-order chi connectivity index (χ0) is 13.2. The van der Waals surface area contributed by atoms with E-state index in [2.05, 4.69) is 37.3 Å². The molecule has 100 valence electrons. The van der Waals surface area contributed by atoms with Gasteiger partial charge in [-0.05, 0) is 54.9 Å². The smallest absolute Gasteiger partial charge is 0.0927 e. The van der Waals surface area contributed by atoms with Crippen molar-refractivity contribution in [2.24, 2.45) is 0 Å². The van der Waals surface area contributed by atoms with Gasteiger partial charge < -0.3 is 0 Å². The molecule has 1 heterocycles. The predicted molar refractivity (Wildman–Crippen MR) is 84.5 cm³/mol. The number of hydrogen-bond acceptors (Lipinski definition) is 1. The number of benzene rings is 1. The molecule has 1 aromatic heterocycles. The van der Waals surface area contributed by atoms with E-state index in [4.69, 9.17) is 11.6 Å². The number of hydrogen-bond donors (Lipinski definition) is 0. The van der Waals surface area contributed by atoms with Crippen LogP contribution in [0.1, 0.15) is 51.6 Å². The van der Waals surface area contributed by atoms with Crippen molar-refractivity contribution in [2.45, 2.75) is 44.4 Å². The molecule has 0 saturated carbocycles. The van der Waals surface area contributed by atoms with E-state index in [1.54, 1.807) is 10.4 Å². The molecule has 1 aliphatic carbocycles. The second-order valence-corrected chi connectivity index (χ2v) is 6.87. The van der Waals surface area contributed by atoms with E-state index in [9.17, 15) is 0 Å². The van der Waals surface area contributed by atoms with Crippen molar-refractivity contribution in [3.8, 4) is 0 Å². The first-order chi connectivity index (χ1) is 9.28. The Kier molecular flexibility index (Phi) is 3.95. The molecule has 1 aliphatic rings. The molecule has 2 aromatic rings. The standard InChI is InChI=1S/C17H19ClS/c1-2-12-7-9-13(10-8-12)17(18)16-11-14-5-3-4-6-15(14)19-16/h7-11,17H,2-6H2,1H3. The molecule has 0 saturated heterocycles. The maximum atomic E-state index is 6.66. The summed E-state index contributed by atoms with van der Waals surface area (Å²) in [6.45, 7) is 2.18. The van der Waals surface area contributed by atoms with Crippen molar-refractivity contribution in [3.63, 3.8) is 0 Å². The number of rotatable bonds is 3. The summed E-state index contributed by atoms with van der Waals surface area (Å²) in [6.07, 6.45) is 6.25. The molecule has 0 bridgehead atoms. The van der Waals surface area contributed by atoms with Gasteiger partial charge in [0.2, 0.25) is 0 Å². The van der Waals surface area contributed by atoms with Crippen LogP contribution >= 0.6 is 22.9 Å². The van der Waals surface area contributed by atoms with Crippen LogP contribution in [0.5, 0.6) is 0 Å². The highest BCUT2D eigenvalue weighted by Crippen LogP contribution is 2.38. The molecule has 0 spiro atoms. The molecule has 0 nitrogen and oxygen atoms in total. The molecule has 1 unspecified atom stereocenters. The lowest BCUT2D eigenvalue weighted by molar-refractivity contribution is 0.697. The largest absolute Gasteiger partial charge is 0.143 e. The number of aryl methyl sites for hydroxylation is 3. The van der Waals surface area contributed by atoms with Crippen molar-refractivity contribution >= 4 is 22.9 Å². The molecule has 0 aliphatic heterocycles. The van der Waals surface area contributed by atoms with Crippen molar-refractivity contribution in [1.82, 2.24) is 0 Å². The van der Waals surface area contributed by atoms with Crippen LogP contribution in [0.3, 0.4) is 0 Å². The zero-order valence-electron chi connectivity index (χ0n) is 11.3. The first-order valence-electron chi connectivity index (χ1n) is 7.12. The molecule has 0 amide bonds. The van der Waals surface area contributed by atoms with Crippen LogP contribution in [0, 0.1) is 0 Å². The Bertz CT molecular complexity index is 530. The normalized spacial score (nSPS) is 16.1. The predicted octanol–water partition coefficient (Wildman–Crippen LogP) is 5.52. The average Bonchev–Trinajstić information content (AvgIpc) is 2.90. The average molecular weight is 291 g/mol. The van der Waals surface area contributed by atoms with Crippen LogP contribution in [-0.2, 0) is 19.3 Å². The quantitative estimate of drug-likeness (QED) is 0.653. The van der Waals surface area contributed by atoms with Gasteiger partial charge in [-0.1, -0.05) is 31.2 Å². The first kappa shape index (κ1) is 13.2. The summed E-state index contributed by atoms with van der Waals surface area (Å²) >= 11 is 8.57. The van der Waals surface area contributed by atoms with Crippen LogP contribution < -0.4 is 0 Å². The third kappa shape index (κ3) is 2.73. The second-order valence-electron chi connectivity index (χ2n) is 5.26. The highest BCUT2D eigenvalue weighted by molar-refractivity contribution is 7.12. The Hall–Kier alpha value is -0.790. The van der Waals surface area contributed by atoms with Crippen LogP contribution in [0.15, 0.2) is 30.3 Å². The van der Waals surface area contributed by atoms with Gasteiger partial charge in [0.05, 0.1) is 5.38 Å². The number of fused-ring (bicyclic) bond motifs is 1. The van der Waals surface area contributed by atoms with Crippen LogP contribution in [0.4, 0.5) is 0 Å². The van der Waals surface area contributed by atoms with Crippen molar-refractivity contribution in [3.05, 3.63) is 56.8 Å². The number of alkyl halides is 1. The molecule has 0 fully saturated rings. The summed E-state index contributed by atoms with van der Waals surface area (Å²) in [4.78, 5) is 2.88. The Labute approximate surface area is 124 Å². The highest BCUT2D eigenvalue weighted by atomic mass is 35.5. The Morgan fingerprint density at radius 2 is 1.89 bits per heavy atom. The van der Waals surface area contributed by atoms with E-state index in [1.807, 2.05) is 11.3 Å². The maximum absolute atomic E-state index is 6.66. The fraction of sp³-hybridized carbons (Fsp3) is 0.412. The summed E-state index contributed by atoms with van der Waals surface area (Å²) < 4.78 is 0. The minimum atomic E-state index is 0.0153. The van der Waals surface area contributed by atoms with Gasteiger partial charge in [-0.25, -0.2) is 0 Å². The Morgan fingerprint density at radius 1 is 1.16 bits per heavy atom. The third-order valence-electron chi connectivity index (χ3n) is 3.95. The van der Waals surface area contributed by atoms with Gasteiger partial charge in [-0.15, -0.1) is 22.9 Å². The molecule has 1 aromatic carbocycles. The van der Waals surface area contributed by atoms with Crippen molar-refractivity contribution < 1.29 is 0 Å². The lowest BCUT2D eigenvalue weighted by Gasteiger charge is -2.08. The lowest BCUT2D eigenvalue weighted by atomic mass is 9.98. The zero-order valence-corrected chi connectivity index (χ0v) is 12.9. The van der Waals surface area contributed by atoms with Crippen LogP contribution in [0.25, 0.3) is 0 Å². The summed E-state index contributed by atoms with van der Waals surface area (Å²) in [6, 6.07) is 11.1. The van der Waals surface area contributed by atoms with E-state index < -0.39 is 0 Å². The van der Waals surface area contributed by atoms with E-state index in [1.165, 1.54) is 41.7 Å². The number of halogens is 1. The fourth-order valence-corrected chi connectivity index (χ4v) is 4.33. The Morgan fingerprint density at radius 3 is 2.58 bits per heavy atom. The van der Waals surface area contributed by atoms with E-state index in [-0.39, 0.29) is 5.38 Å². The second kappa shape index (κ2) is 5.68. The molecule has 0 N–H and O–H groups in total. The summed E-state index contributed by atoms with van der Waals surface area (Å²) in [7, 11) is 0. The topological polar surface area (TPSA) is 0 Å². The number of thiophene rings is 1. The minimum absolute atomic E-state index is 0.0153. The lowest BCUT2D eigenvalue weighted by Crippen LogP contribution is -1.96. The molecular formula is C17H19ClS. The van der Waals surface area contributed by atoms with Crippen molar-refractivity contribution in [1.29, 1.82) is 0 Å². The van der Waals surface area contributed by atoms with Gasteiger partial charge >= 0.3 is 0 Å².